The molecule has 0 amide bonds. The first kappa shape index (κ1) is 10.4. The number of aromatic amines is 1. The van der Waals surface area contributed by atoms with Gasteiger partial charge in [0, 0.05) is 5.56 Å². The molecule has 0 atom stereocenters. The number of halogens is 1. The quantitative estimate of drug-likeness (QED) is 0.787. The van der Waals surface area contributed by atoms with Crippen LogP contribution in [0.4, 0.5) is 4.39 Å². The van der Waals surface area contributed by atoms with Crippen LogP contribution in [-0.2, 0) is 4.74 Å². The topological polar surface area (TPSA) is 55.0 Å². The average molecular weight is 220 g/mol. The van der Waals surface area contributed by atoms with Crippen LogP contribution in [0.3, 0.4) is 0 Å². The van der Waals surface area contributed by atoms with Crippen LogP contribution in [0.25, 0.3) is 11.3 Å². The zero-order valence-corrected chi connectivity index (χ0v) is 8.53. The summed E-state index contributed by atoms with van der Waals surface area (Å²) in [6, 6.07) is 7.49. The van der Waals surface area contributed by atoms with Crippen LogP contribution < -0.4 is 0 Å². The van der Waals surface area contributed by atoms with Gasteiger partial charge in [0.15, 0.2) is 0 Å². The number of carbonyl (C=O) groups excluding carboxylic acids is 1. The summed E-state index contributed by atoms with van der Waals surface area (Å²) < 4.78 is 17.5. The molecule has 0 fully saturated rings. The van der Waals surface area contributed by atoms with Gasteiger partial charge in [-0.2, -0.15) is 5.10 Å². The molecule has 1 heterocycles. The molecule has 0 aliphatic heterocycles. The van der Waals surface area contributed by atoms with E-state index in [0.717, 1.165) is 0 Å². The van der Waals surface area contributed by atoms with E-state index in [1.54, 1.807) is 12.1 Å². The van der Waals surface area contributed by atoms with Crippen LogP contribution in [0.5, 0.6) is 0 Å². The van der Waals surface area contributed by atoms with E-state index in [-0.39, 0.29) is 11.5 Å². The van der Waals surface area contributed by atoms with Crippen LogP contribution in [0.2, 0.25) is 0 Å². The highest BCUT2D eigenvalue weighted by atomic mass is 19.1. The molecule has 4 nitrogen and oxygen atoms in total. The van der Waals surface area contributed by atoms with Crippen molar-refractivity contribution in [2.45, 2.75) is 0 Å². The van der Waals surface area contributed by atoms with Gasteiger partial charge in [-0.25, -0.2) is 9.18 Å². The standard InChI is InChI=1S/C11H9FN2O2/c1-16-11(15)10-6-9(13-14-10)7-3-2-4-8(12)5-7/h2-6H,1H3,(H,13,14). The molecule has 2 aromatic rings. The molecule has 16 heavy (non-hydrogen) atoms. The fourth-order valence-corrected chi connectivity index (χ4v) is 1.33. The highest BCUT2D eigenvalue weighted by Crippen LogP contribution is 2.18. The fourth-order valence-electron chi connectivity index (χ4n) is 1.33. The number of aromatic nitrogens is 2. The van der Waals surface area contributed by atoms with E-state index in [1.807, 2.05) is 0 Å². The smallest absolute Gasteiger partial charge is 0.356 e. The third kappa shape index (κ3) is 1.93. The predicted octanol–water partition coefficient (Wildman–Crippen LogP) is 2.00. The van der Waals surface area contributed by atoms with Crippen molar-refractivity contribution < 1.29 is 13.9 Å². The van der Waals surface area contributed by atoms with E-state index in [0.29, 0.717) is 11.3 Å². The van der Waals surface area contributed by atoms with Crippen molar-refractivity contribution in [2.24, 2.45) is 0 Å². The highest BCUT2D eigenvalue weighted by Gasteiger charge is 2.10. The van der Waals surface area contributed by atoms with Crippen LogP contribution in [0.15, 0.2) is 30.3 Å². The largest absolute Gasteiger partial charge is 0.464 e. The number of methoxy groups -OCH3 is 1. The lowest BCUT2D eigenvalue weighted by atomic mass is 10.1. The molecule has 5 heteroatoms. The zero-order chi connectivity index (χ0) is 11.5. The SMILES string of the molecule is COC(=O)c1cc(-c2cccc(F)c2)n[nH]1. The molecule has 1 N–H and O–H groups in total. The molecule has 0 bridgehead atoms. The van der Waals surface area contributed by atoms with E-state index >= 15 is 0 Å². The Kier molecular flexibility index (Phi) is 2.68. The molecule has 0 saturated carbocycles. The minimum atomic E-state index is -0.504. The number of rotatable bonds is 2. The fraction of sp³-hybridized carbons (Fsp3) is 0.0909. The third-order valence-electron chi connectivity index (χ3n) is 2.10. The summed E-state index contributed by atoms with van der Waals surface area (Å²) in [5.41, 5.74) is 1.34. The van der Waals surface area contributed by atoms with Crippen LogP contribution in [0, 0.1) is 5.82 Å². The summed E-state index contributed by atoms with van der Waals surface area (Å²) in [5.74, 6) is -0.852. The molecule has 0 radical (unpaired) electrons. The van der Waals surface area contributed by atoms with E-state index in [2.05, 4.69) is 14.9 Å². The summed E-state index contributed by atoms with van der Waals surface area (Å²) in [4.78, 5) is 11.2. The van der Waals surface area contributed by atoms with Gasteiger partial charge in [0.2, 0.25) is 0 Å². The summed E-state index contributed by atoms with van der Waals surface area (Å²) in [7, 11) is 1.28. The molecular formula is C11H9FN2O2. The van der Waals surface area contributed by atoms with Crippen LogP contribution in [-0.4, -0.2) is 23.3 Å². The van der Waals surface area contributed by atoms with Gasteiger partial charge >= 0.3 is 5.97 Å². The van der Waals surface area contributed by atoms with Crippen molar-refractivity contribution in [3.63, 3.8) is 0 Å². The molecule has 0 saturated heterocycles. The van der Waals surface area contributed by atoms with Crippen molar-refractivity contribution in [3.8, 4) is 11.3 Å². The first-order valence-corrected chi connectivity index (χ1v) is 4.60. The zero-order valence-electron chi connectivity index (χ0n) is 8.53. The second-order valence-corrected chi connectivity index (χ2v) is 3.17. The second-order valence-electron chi connectivity index (χ2n) is 3.17. The first-order valence-electron chi connectivity index (χ1n) is 4.60. The summed E-state index contributed by atoms with van der Waals surface area (Å²) in [6.07, 6.45) is 0. The van der Waals surface area contributed by atoms with Crippen LogP contribution >= 0.6 is 0 Å². The van der Waals surface area contributed by atoms with E-state index in [9.17, 15) is 9.18 Å². The molecule has 0 unspecified atom stereocenters. The van der Waals surface area contributed by atoms with Gasteiger partial charge in [-0.15, -0.1) is 0 Å². The number of esters is 1. The van der Waals surface area contributed by atoms with E-state index < -0.39 is 5.97 Å². The van der Waals surface area contributed by atoms with Crippen molar-refractivity contribution in [1.29, 1.82) is 0 Å². The Morgan fingerprint density at radius 2 is 2.25 bits per heavy atom. The first-order chi connectivity index (χ1) is 7.70. The second kappa shape index (κ2) is 4.14. The molecule has 1 aromatic heterocycles. The Morgan fingerprint density at radius 3 is 2.94 bits per heavy atom. The summed E-state index contributed by atoms with van der Waals surface area (Å²) >= 11 is 0. The van der Waals surface area contributed by atoms with E-state index in [4.69, 9.17) is 0 Å². The number of benzene rings is 1. The maximum Gasteiger partial charge on any atom is 0.356 e. The lowest BCUT2D eigenvalue weighted by molar-refractivity contribution is 0.0594. The Balaban J connectivity index is 2.35. The minimum absolute atomic E-state index is 0.238. The lowest BCUT2D eigenvalue weighted by Crippen LogP contribution is -2.00. The lowest BCUT2D eigenvalue weighted by Gasteiger charge is -1.94. The van der Waals surface area contributed by atoms with Crippen molar-refractivity contribution in [2.75, 3.05) is 7.11 Å². The Hall–Kier alpha value is -2.17. The Bertz CT molecular complexity index is 522. The van der Waals surface area contributed by atoms with Gasteiger partial charge in [0.25, 0.3) is 0 Å². The Labute approximate surface area is 91.1 Å². The molecule has 0 aliphatic rings. The van der Waals surface area contributed by atoms with Gasteiger partial charge in [0.1, 0.15) is 11.5 Å². The van der Waals surface area contributed by atoms with Crippen LogP contribution in [0.1, 0.15) is 10.5 Å². The Morgan fingerprint density at radius 1 is 1.44 bits per heavy atom. The van der Waals surface area contributed by atoms with Crippen molar-refractivity contribution >= 4 is 5.97 Å². The molecule has 0 spiro atoms. The number of hydrogen-bond donors (Lipinski definition) is 1. The molecular weight excluding hydrogens is 211 g/mol. The number of nitrogens with one attached hydrogen (secondary N) is 1. The van der Waals surface area contributed by atoms with E-state index in [1.165, 1.54) is 25.3 Å². The number of carbonyl (C=O) groups is 1. The maximum atomic E-state index is 13.0. The number of H-pyrrole nitrogens is 1. The number of ether oxygens (including phenoxy) is 1. The number of nitrogens with zero attached hydrogens (tertiary/aromatic N) is 1. The highest BCUT2D eigenvalue weighted by molar-refractivity contribution is 5.88. The van der Waals surface area contributed by atoms with Gasteiger partial charge in [-0.3, -0.25) is 5.10 Å². The van der Waals surface area contributed by atoms with Gasteiger partial charge in [0.05, 0.1) is 12.8 Å². The predicted molar refractivity (Wildman–Crippen MR) is 55.3 cm³/mol. The van der Waals surface area contributed by atoms with Crippen molar-refractivity contribution in [1.82, 2.24) is 10.2 Å². The molecule has 1 aromatic carbocycles. The third-order valence-corrected chi connectivity index (χ3v) is 2.10. The van der Waals surface area contributed by atoms with Gasteiger partial charge < -0.3 is 4.74 Å². The number of hydrogen-bond acceptors (Lipinski definition) is 3. The van der Waals surface area contributed by atoms with Crippen molar-refractivity contribution in [3.05, 3.63) is 41.8 Å². The van der Waals surface area contributed by atoms with Gasteiger partial charge in [-0.05, 0) is 18.2 Å². The minimum Gasteiger partial charge on any atom is -0.464 e. The maximum absolute atomic E-state index is 13.0. The summed E-state index contributed by atoms with van der Waals surface area (Å²) in [5, 5.41) is 6.43. The summed E-state index contributed by atoms with van der Waals surface area (Å²) in [6.45, 7) is 0. The normalized spacial score (nSPS) is 10.1. The average Bonchev–Trinajstić information content (AvgIpc) is 2.77. The molecule has 82 valence electrons. The monoisotopic (exact) mass is 220 g/mol. The van der Waals surface area contributed by atoms with Gasteiger partial charge in [-0.1, -0.05) is 12.1 Å². The molecule has 2 rings (SSSR count). The molecule has 0 aliphatic carbocycles.